The van der Waals surface area contributed by atoms with Gasteiger partial charge in [0.15, 0.2) is 17.3 Å². The molecule has 2 heterocycles. The number of halogens is 1. The SMILES string of the molecule is O=S(=O)(Nc1ccc2c(c1)OCO2)c1ncccc1F. The Morgan fingerprint density at radius 3 is 2.80 bits per heavy atom. The van der Waals surface area contributed by atoms with Crippen LogP contribution in [0.5, 0.6) is 11.5 Å². The molecule has 1 aliphatic heterocycles. The number of fused-ring (bicyclic) bond motifs is 1. The molecule has 0 unspecified atom stereocenters. The largest absolute Gasteiger partial charge is 0.454 e. The Kier molecular flexibility index (Phi) is 2.94. The quantitative estimate of drug-likeness (QED) is 0.933. The Labute approximate surface area is 114 Å². The number of nitrogens with one attached hydrogen (secondary N) is 1. The van der Waals surface area contributed by atoms with Gasteiger partial charge < -0.3 is 9.47 Å². The van der Waals surface area contributed by atoms with Gasteiger partial charge in [-0.1, -0.05) is 0 Å². The minimum atomic E-state index is -4.09. The normalized spacial score (nSPS) is 13.2. The molecule has 2 aromatic rings. The van der Waals surface area contributed by atoms with Crippen LogP contribution in [0.3, 0.4) is 0 Å². The van der Waals surface area contributed by atoms with Gasteiger partial charge in [-0.2, -0.15) is 8.42 Å². The van der Waals surface area contributed by atoms with Crippen molar-refractivity contribution in [2.24, 2.45) is 0 Å². The van der Waals surface area contributed by atoms with Crippen molar-refractivity contribution < 1.29 is 22.3 Å². The molecule has 1 aliphatic rings. The maximum absolute atomic E-state index is 13.5. The summed E-state index contributed by atoms with van der Waals surface area (Å²) in [6.45, 7) is 0.0837. The van der Waals surface area contributed by atoms with E-state index in [2.05, 4.69) is 9.71 Å². The summed E-state index contributed by atoms with van der Waals surface area (Å²) in [5.74, 6) is 0.0319. The van der Waals surface area contributed by atoms with Crippen molar-refractivity contribution in [2.75, 3.05) is 11.5 Å². The van der Waals surface area contributed by atoms with Gasteiger partial charge in [-0.05, 0) is 24.3 Å². The van der Waals surface area contributed by atoms with Crippen molar-refractivity contribution in [2.45, 2.75) is 5.03 Å². The lowest BCUT2D eigenvalue weighted by Gasteiger charge is -2.08. The molecule has 3 rings (SSSR count). The predicted molar refractivity (Wildman–Crippen MR) is 67.6 cm³/mol. The van der Waals surface area contributed by atoms with E-state index in [4.69, 9.17) is 9.47 Å². The fraction of sp³-hybridized carbons (Fsp3) is 0.0833. The van der Waals surface area contributed by atoms with Gasteiger partial charge >= 0.3 is 0 Å². The molecule has 1 N–H and O–H groups in total. The van der Waals surface area contributed by atoms with Gasteiger partial charge in [0.05, 0.1) is 5.69 Å². The highest BCUT2D eigenvalue weighted by Crippen LogP contribution is 2.34. The zero-order valence-electron chi connectivity index (χ0n) is 10.0. The molecule has 0 amide bonds. The van der Waals surface area contributed by atoms with E-state index in [1.54, 1.807) is 6.07 Å². The summed E-state index contributed by atoms with van der Waals surface area (Å²) in [5, 5.41) is -0.655. The van der Waals surface area contributed by atoms with E-state index < -0.39 is 20.9 Å². The fourth-order valence-corrected chi connectivity index (χ4v) is 2.79. The number of rotatable bonds is 3. The zero-order valence-corrected chi connectivity index (χ0v) is 10.9. The topological polar surface area (TPSA) is 77.5 Å². The maximum Gasteiger partial charge on any atom is 0.282 e. The molecular formula is C12H9FN2O4S. The maximum atomic E-state index is 13.5. The molecule has 0 saturated carbocycles. The molecule has 0 fully saturated rings. The van der Waals surface area contributed by atoms with Gasteiger partial charge in [0.2, 0.25) is 11.8 Å². The van der Waals surface area contributed by atoms with E-state index in [1.807, 2.05) is 0 Å². The third-order valence-electron chi connectivity index (χ3n) is 2.60. The van der Waals surface area contributed by atoms with Crippen molar-refractivity contribution in [3.05, 3.63) is 42.3 Å². The van der Waals surface area contributed by atoms with Crippen LogP contribution in [0, 0.1) is 5.82 Å². The lowest BCUT2D eigenvalue weighted by molar-refractivity contribution is 0.174. The van der Waals surface area contributed by atoms with Crippen LogP contribution in [-0.4, -0.2) is 20.2 Å². The predicted octanol–water partition coefficient (Wildman–Crippen LogP) is 1.75. The Balaban J connectivity index is 1.93. The summed E-state index contributed by atoms with van der Waals surface area (Å²) in [5.41, 5.74) is 0.235. The monoisotopic (exact) mass is 296 g/mol. The first kappa shape index (κ1) is 12.7. The van der Waals surface area contributed by atoms with Crippen molar-refractivity contribution in [1.29, 1.82) is 0 Å². The number of ether oxygens (including phenoxy) is 2. The fourth-order valence-electron chi connectivity index (χ4n) is 1.73. The number of nitrogens with zero attached hydrogens (tertiary/aromatic N) is 1. The first-order chi connectivity index (χ1) is 9.56. The van der Waals surface area contributed by atoms with Crippen molar-refractivity contribution in [1.82, 2.24) is 4.98 Å². The molecule has 8 heteroatoms. The van der Waals surface area contributed by atoms with Gasteiger partial charge in [-0.15, -0.1) is 0 Å². The highest BCUT2D eigenvalue weighted by atomic mass is 32.2. The van der Waals surface area contributed by atoms with Crippen LogP contribution in [0.2, 0.25) is 0 Å². The van der Waals surface area contributed by atoms with Crippen LogP contribution in [0.25, 0.3) is 0 Å². The Hall–Kier alpha value is -2.35. The first-order valence-electron chi connectivity index (χ1n) is 5.59. The summed E-state index contributed by atoms with van der Waals surface area (Å²) in [4.78, 5) is 3.54. The Morgan fingerprint density at radius 1 is 1.20 bits per heavy atom. The third-order valence-corrected chi connectivity index (χ3v) is 3.92. The van der Waals surface area contributed by atoms with Gasteiger partial charge in [-0.25, -0.2) is 9.37 Å². The number of hydrogen-bond donors (Lipinski definition) is 1. The van der Waals surface area contributed by atoms with Crippen LogP contribution < -0.4 is 14.2 Å². The first-order valence-corrected chi connectivity index (χ1v) is 7.07. The van der Waals surface area contributed by atoms with E-state index >= 15 is 0 Å². The van der Waals surface area contributed by atoms with E-state index in [0.29, 0.717) is 11.5 Å². The van der Waals surface area contributed by atoms with Gasteiger partial charge in [0.1, 0.15) is 0 Å². The number of sulfonamides is 1. The third kappa shape index (κ3) is 2.25. The summed E-state index contributed by atoms with van der Waals surface area (Å²) in [6.07, 6.45) is 1.21. The number of pyridine rings is 1. The van der Waals surface area contributed by atoms with Gasteiger partial charge in [0.25, 0.3) is 10.0 Å². The van der Waals surface area contributed by atoms with E-state index in [9.17, 15) is 12.8 Å². The average Bonchev–Trinajstić information content (AvgIpc) is 2.86. The smallest absolute Gasteiger partial charge is 0.282 e. The van der Waals surface area contributed by atoms with Crippen molar-refractivity contribution in [3.63, 3.8) is 0 Å². The molecule has 1 aromatic heterocycles. The number of anilines is 1. The number of benzene rings is 1. The molecule has 0 radical (unpaired) electrons. The number of aromatic nitrogens is 1. The summed E-state index contributed by atoms with van der Waals surface area (Å²) >= 11 is 0. The molecule has 0 aliphatic carbocycles. The number of hydrogen-bond acceptors (Lipinski definition) is 5. The van der Waals surface area contributed by atoms with E-state index in [1.165, 1.54) is 24.4 Å². The molecule has 20 heavy (non-hydrogen) atoms. The lowest BCUT2D eigenvalue weighted by atomic mass is 10.3. The zero-order chi connectivity index (χ0) is 14.2. The molecule has 0 atom stereocenters. The van der Waals surface area contributed by atoms with Gasteiger partial charge in [-0.3, -0.25) is 4.72 Å². The standard InChI is InChI=1S/C12H9FN2O4S/c13-9-2-1-5-14-12(9)20(16,17)15-8-3-4-10-11(6-8)19-7-18-10/h1-6,15H,7H2. The molecule has 0 spiro atoms. The molecule has 0 bridgehead atoms. The van der Waals surface area contributed by atoms with Crippen LogP contribution in [-0.2, 0) is 10.0 Å². The molecule has 0 saturated heterocycles. The minimum absolute atomic E-state index is 0.0837. The molecule has 6 nitrogen and oxygen atoms in total. The lowest BCUT2D eigenvalue weighted by Crippen LogP contribution is -2.16. The molecule has 104 valence electrons. The van der Waals surface area contributed by atoms with E-state index in [-0.39, 0.29) is 12.5 Å². The van der Waals surface area contributed by atoms with E-state index in [0.717, 1.165) is 6.07 Å². The van der Waals surface area contributed by atoms with Crippen molar-refractivity contribution in [3.8, 4) is 11.5 Å². The average molecular weight is 296 g/mol. The van der Waals surface area contributed by atoms with Crippen LogP contribution >= 0.6 is 0 Å². The molecule has 1 aromatic carbocycles. The second-order valence-electron chi connectivity index (χ2n) is 3.96. The van der Waals surface area contributed by atoms with Crippen LogP contribution in [0.4, 0.5) is 10.1 Å². The summed E-state index contributed by atoms with van der Waals surface area (Å²) < 4.78 is 50.0. The van der Waals surface area contributed by atoms with Gasteiger partial charge in [0, 0.05) is 12.3 Å². The second-order valence-corrected chi connectivity index (χ2v) is 5.56. The highest BCUT2D eigenvalue weighted by molar-refractivity contribution is 7.92. The Bertz CT molecular complexity index is 764. The summed E-state index contributed by atoms with van der Waals surface area (Å²) in [7, 11) is -4.09. The minimum Gasteiger partial charge on any atom is -0.454 e. The van der Waals surface area contributed by atoms with Crippen LogP contribution in [0.1, 0.15) is 0 Å². The van der Waals surface area contributed by atoms with Crippen molar-refractivity contribution >= 4 is 15.7 Å². The second kappa shape index (κ2) is 4.64. The highest BCUT2D eigenvalue weighted by Gasteiger charge is 2.22. The summed E-state index contributed by atoms with van der Waals surface area (Å²) in [6, 6.07) is 6.86. The van der Waals surface area contributed by atoms with Crippen LogP contribution in [0.15, 0.2) is 41.6 Å². The Morgan fingerprint density at radius 2 is 2.00 bits per heavy atom. The molecular weight excluding hydrogens is 287 g/mol.